The number of aliphatic carboxylic acids is 1. The highest BCUT2D eigenvalue weighted by atomic mass is 16.4. The van der Waals surface area contributed by atoms with Gasteiger partial charge in [0, 0.05) is 24.8 Å². The largest absolute Gasteiger partial charge is 0.480 e. The van der Waals surface area contributed by atoms with E-state index in [9.17, 15) is 14.7 Å². The lowest BCUT2D eigenvalue weighted by molar-refractivity contribution is -0.150. The number of carbonyl (C=O) groups excluding carboxylic acids is 1. The highest BCUT2D eigenvalue weighted by Crippen LogP contribution is 2.43. The van der Waals surface area contributed by atoms with Crippen LogP contribution in [0.15, 0.2) is 0 Å². The van der Waals surface area contributed by atoms with E-state index in [4.69, 9.17) is 0 Å². The third kappa shape index (κ3) is 2.44. The lowest BCUT2D eigenvalue weighted by Crippen LogP contribution is -2.45. The summed E-state index contributed by atoms with van der Waals surface area (Å²) in [7, 11) is 1.86. The molecule has 1 N–H and O–H groups in total. The maximum Gasteiger partial charge on any atom is 0.326 e. The number of nitrogens with zero attached hydrogens (tertiary/aromatic N) is 3. The molecule has 2 heterocycles. The van der Waals surface area contributed by atoms with E-state index in [-0.39, 0.29) is 17.7 Å². The number of rotatable bonds is 3. The van der Waals surface area contributed by atoms with Gasteiger partial charge in [0.25, 0.3) is 0 Å². The minimum Gasteiger partial charge on any atom is -0.480 e. The first-order valence-electron chi connectivity index (χ1n) is 8.36. The van der Waals surface area contributed by atoms with E-state index in [1.807, 2.05) is 27.8 Å². The van der Waals surface area contributed by atoms with Crippen LogP contribution in [-0.4, -0.2) is 44.3 Å². The van der Waals surface area contributed by atoms with Gasteiger partial charge in [0.05, 0.1) is 11.6 Å². The Balaban J connectivity index is 1.88. The van der Waals surface area contributed by atoms with E-state index in [2.05, 4.69) is 5.10 Å². The molecule has 0 bridgehead atoms. The van der Waals surface area contributed by atoms with Crippen molar-refractivity contribution in [2.45, 2.75) is 52.0 Å². The molecule has 1 saturated carbocycles. The number of amides is 1. The van der Waals surface area contributed by atoms with Crippen LogP contribution in [0.4, 0.5) is 0 Å². The van der Waals surface area contributed by atoms with E-state index < -0.39 is 12.0 Å². The Bertz CT molecular complexity index is 652. The quantitative estimate of drug-likeness (QED) is 0.922. The molecule has 1 aromatic heterocycles. The maximum absolute atomic E-state index is 13.0. The predicted molar refractivity (Wildman–Crippen MR) is 85.1 cm³/mol. The van der Waals surface area contributed by atoms with E-state index in [0.717, 1.165) is 36.2 Å². The Hall–Kier alpha value is -1.85. The molecule has 23 heavy (non-hydrogen) atoms. The van der Waals surface area contributed by atoms with Crippen molar-refractivity contribution in [1.29, 1.82) is 0 Å². The summed E-state index contributed by atoms with van der Waals surface area (Å²) in [5, 5.41) is 14.0. The SMILES string of the molecule is Cc1nn(C)c(C)c1C(C)C(=O)N1CC2CCCC2C1C(=O)O. The van der Waals surface area contributed by atoms with Gasteiger partial charge in [-0.1, -0.05) is 6.42 Å². The van der Waals surface area contributed by atoms with Crippen molar-refractivity contribution in [3.8, 4) is 0 Å². The molecule has 4 unspecified atom stereocenters. The van der Waals surface area contributed by atoms with Crippen LogP contribution in [0.1, 0.15) is 49.1 Å². The molecule has 2 aliphatic rings. The summed E-state index contributed by atoms with van der Waals surface area (Å²) >= 11 is 0. The van der Waals surface area contributed by atoms with Crippen LogP contribution in [0.25, 0.3) is 0 Å². The van der Waals surface area contributed by atoms with Gasteiger partial charge >= 0.3 is 5.97 Å². The molecule has 0 radical (unpaired) electrons. The predicted octanol–water partition coefficient (Wildman–Crippen LogP) is 1.85. The Kier molecular flexibility index (Phi) is 3.94. The zero-order valence-corrected chi connectivity index (χ0v) is 14.2. The number of carbonyl (C=O) groups is 2. The summed E-state index contributed by atoms with van der Waals surface area (Å²) in [6.07, 6.45) is 3.04. The summed E-state index contributed by atoms with van der Waals surface area (Å²) < 4.78 is 1.78. The fourth-order valence-corrected chi connectivity index (χ4v) is 4.64. The number of aromatic nitrogens is 2. The molecule has 1 saturated heterocycles. The van der Waals surface area contributed by atoms with Gasteiger partial charge < -0.3 is 10.0 Å². The topological polar surface area (TPSA) is 75.4 Å². The number of likely N-dealkylation sites (tertiary alicyclic amines) is 1. The average molecular weight is 319 g/mol. The number of carboxylic acids is 1. The monoisotopic (exact) mass is 319 g/mol. The lowest BCUT2D eigenvalue weighted by atomic mass is 9.93. The molecule has 6 nitrogen and oxygen atoms in total. The summed E-state index contributed by atoms with van der Waals surface area (Å²) in [6.45, 7) is 6.31. The molecule has 6 heteroatoms. The fourth-order valence-electron chi connectivity index (χ4n) is 4.64. The van der Waals surface area contributed by atoms with Crippen molar-refractivity contribution in [2.24, 2.45) is 18.9 Å². The molecule has 0 spiro atoms. The van der Waals surface area contributed by atoms with Crippen molar-refractivity contribution < 1.29 is 14.7 Å². The molecule has 126 valence electrons. The second kappa shape index (κ2) is 5.65. The summed E-state index contributed by atoms with van der Waals surface area (Å²) in [5.41, 5.74) is 2.74. The van der Waals surface area contributed by atoms with Crippen LogP contribution in [0.2, 0.25) is 0 Å². The van der Waals surface area contributed by atoms with Gasteiger partial charge in [-0.2, -0.15) is 5.10 Å². The van der Waals surface area contributed by atoms with Crippen molar-refractivity contribution in [3.05, 3.63) is 17.0 Å². The van der Waals surface area contributed by atoms with E-state index in [1.54, 1.807) is 9.58 Å². The first-order chi connectivity index (χ1) is 10.8. The normalized spacial score (nSPS) is 28.0. The minimum absolute atomic E-state index is 0.0778. The highest BCUT2D eigenvalue weighted by Gasteiger charge is 2.50. The number of aryl methyl sites for hydroxylation is 2. The molecule has 2 fully saturated rings. The summed E-state index contributed by atoms with van der Waals surface area (Å²) in [6, 6.07) is -0.658. The second-order valence-electron chi connectivity index (χ2n) is 7.06. The van der Waals surface area contributed by atoms with E-state index in [1.165, 1.54) is 0 Å². The molecule has 1 amide bonds. The van der Waals surface area contributed by atoms with Crippen molar-refractivity contribution in [3.63, 3.8) is 0 Å². The van der Waals surface area contributed by atoms with Gasteiger partial charge in [-0.15, -0.1) is 0 Å². The molecule has 1 aliphatic carbocycles. The van der Waals surface area contributed by atoms with Gasteiger partial charge in [-0.25, -0.2) is 4.79 Å². The third-order valence-corrected chi connectivity index (χ3v) is 5.79. The van der Waals surface area contributed by atoms with Gasteiger partial charge in [0.2, 0.25) is 5.91 Å². The van der Waals surface area contributed by atoms with Gasteiger partial charge in [0.1, 0.15) is 6.04 Å². The van der Waals surface area contributed by atoms with Crippen LogP contribution in [0, 0.1) is 25.7 Å². The Morgan fingerprint density at radius 3 is 2.57 bits per heavy atom. The summed E-state index contributed by atoms with van der Waals surface area (Å²) in [5.74, 6) is -0.821. The summed E-state index contributed by atoms with van der Waals surface area (Å²) in [4.78, 5) is 26.4. The van der Waals surface area contributed by atoms with Crippen molar-refractivity contribution in [2.75, 3.05) is 6.54 Å². The highest BCUT2D eigenvalue weighted by molar-refractivity contribution is 5.89. The van der Waals surface area contributed by atoms with Crippen molar-refractivity contribution >= 4 is 11.9 Å². The Morgan fingerprint density at radius 2 is 2.00 bits per heavy atom. The number of hydrogen-bond donors (Lipinski definition) is 1. The first kappa shape index (κ1) is 16.0. The second-order valence-corrected chi connectivity index (χ2v) is 7.06. The molecular formula is C17H25N3O3. The number of hydrogen-bond acceptors (Lipinski definition) is 3. The molecule has 3 rings (SSSR count). The van der Waals surface area contributed by atoms with Gasteiger partial charge in [-0.3, -0.25) is 9.48 Å². The first-order valence-corrected chi connectivity index (χ1v) is 8.36. The van der Waals surface area contributed by atoms with E-state index >= 15 is 0 Å². The Labute approximate surface area is 136 Å². The van der Waals surface area contributed by atoms with Gasteiger partial charge in [0.15, 0.2) is 0 Å². The van der Waals surface area contributed by atoms with Crippen LogP contribution < -0.4 is 0 Å². The molecule has 1 aromatic rings. The molecule has 1 aliphatic heterocycles. The van der Waals surface area contributed by atoms with Crippen LogP contribution in [-0.2, 0) is 16.6 Å². The maximum atomic E-state index is 13.0. The fraction of sp³-hybridized carbons (Fsp3) is 0.706. The lowest BCUT2D eigenvalue weighted by Gasteiger charge is -2.27. The Morgan fingerprint density at radius 1 is 1.30 bits per heavy atom. The molecule has 4 atom stereocenters. The smallest absolute Gasteiger partial charge is 0.326 e. The zero-order chi connectivity index (χ0) is 16.9. The van der Waals surface area contributed by atoms with Crippen LogP contribution in [0.3, 0.4) is 0 Å². The van der Waals surface area contributed by atoms with Crippen molar-refractivity contribution in [1.82, 2.24) is 14.7 Å². The molecular weight excluding hydrogens is 294 g/mol. The number of fused-ring (bicyclic) bond motifs is 1. The van der Waals surface area contributed by atoms with Gasteiger partial charge in [-0.05, 0) is 45.4 Å². The van der Waals surface area contributed by atoms with Crippen LogP contribution >= 0.6 is 0 Å². The minimum atomic E-state index is -0.861. The molecule has 0 aromatic carbocycles. The zero-order valence-electron chi connectivity index (χ0n) is 14.2. The third-order valence-electron chi connectivity index (χ3n) is 5.79. The standard InChI is InChI=1S/C17H25N3O3/c1-9(14-10(2)18-19(4)11(14)3)16(21)20-8-12-6-5-7-13(12)15(20)17(22)23/h9,12-13,15H,5-8H2,1-4H3,(H,22,23). The average Bonchev–Trinajstić information content (AvgIpc) is 3.11. The van der Waals surface area contributed by atoms with Crippen LogP contribution in [0.5, 0.6) is 0 Å². The van der Waals surface area contributed by atoms with E-state index in [0.29, 0.717) is 12.5 Å². The number of carboxylic acid groups (broad SMARTS) is 1.